The monoisotopic (exact) mass is 598 g/mol. The van der Waals surface area contributed by atoms with Crippen molar-refractivity contribution in [2.75, 3.05) is 13.2 Å². The second-order valence-electron chi connectivity index (χ2n) is 10.0. The maximum absolute atomic E-state index is 14.2. The topological polar surface area (TPSA) is 69.9 Å². The molecule has 1 atom stereocenters. The molecule has 0 bridgehead atoms. The second kappa shape index (κ2) is 12.8. The lowest BCUT2D eigenvalue weighted by Crippen LogP contribution is -2.40. The molecule has 0 radical (unpaired) electrons. The van der Waals surface area contributed by atoms with Gasteiger partial charge in [0.05, 0.1) is 28.5 Å². The molecule has 0 saturated carbocycles. The van der Waals surface area contributed by atoms with Crippen LogP contribution in [0.15, 0.2) is 101 Å². The molecule has 3 aromatic carbocycles. The van der Waals surface area contributed by atoms with Crippen LogP contribution in [0.3, 0.4) is 0 Å². The highest BCUT2D eigenvalue weighted by Gasteiger charge is 2.35. The maximum Gasteiger partial charge on any atom is 0.338 e. The fourth-order valence-electron chi connectivity index (χ4n) is 4.87. The molecule has 214 valence electrons. The number of halogens is 1. The number of esters is 1. The Bertz CT molecular complexity index is 1840. The summed E-state index contributed by atoms with van der Waals surface area (Å²) in [6.07, 6.45) is 3.40. The van der Waals surface area contributed by atoms with Crippen LogP contribution in [0.1, 0.15) is 55.0 Å². The molecule has 2 heterocycles. The van der Waals surface area contributed by atoms with E-state index in [0.29, 0.717) is 49.5 Å². The average Bonchev–Trinajstić information content (AvgIpc) is 3.30. The van der Waals surface area contributed by atoms with Crippen LogP contribution in [0.5, 0.6) is 5.75 Å². The molecule has 1 aliphatic heterocycles. The Labute approximate surface area is 253 Å². The van der Waals surface area contributed by atoms with Crippen LogP contribution in [0.25, 0.3) is 11.8 Å². The highest BCUT2D eigenvalue weighted by Crippen LogP contribution is 2.35. The van der Waals surface area contributed by atoms with Gasteiger partial charge in [0.15, 0.2) is 4.80 Å². The molecular formula is C34H31ClN2O4S. The van der Waals surface area contributed by atoms with Gasteiger partial charge in [-0.1, -0.05) is 104 Å². The molecule has 6 nitrogen and oxygen atoms in total. The van der Waals surface area contributed by atoms with Gasteiger partial charge in [-0.25, -0.2) is 9.79 Å². The standard InChI is InChI=1S/C34H31ClN2O4S/c1-5-18-41-27-17-16-26(35)19-25(27)20-28-32(38)37-31(24-14-12-22(13-15-24)21(3)4)29(33(39)40-6-2)30(36-34(37)42-28)23-10-8-7-9-11-23/h5,7-17,19-21,31H,1,6,18H2,2-4H3/b28-20-/t31-/m1/s1. The molecule has 0 N–H and O–H groups in total. The maximum atomic E-state index is 14.2. The number of aromatic nitrogens is 1. The first-order valence-electron chi connectivity index (χ1n) is 13.7. The number of carbonyl (C=O) groups is 1. The van der Waals surface area contributed by atoms with Gasteiger partial charge < -0.3 is 9.47 Å². The minimum absolute atomic E-state index is 0.191. The number of hydrogen-bond acceptors (Lipinski definition) is 6. The van der Waals surface area contributed by atoms with Gasteiger partial charge in [0.2, 0.25) is 0 Å². The quantitative estimate of drug-likeness (QED) is 0.168. The minimum Gasteiger partial charge on any atom is -0.489 e. The van der Waals surface area contributed by atoms with Crippen LogP contribution in [0, 0.1) is 0 Å². The van der Waals surface area contributed by atoms with E-state index in [2.05, 4.69) is 20.4 Å². The van der Waals surface area contributed by atoms with Gasteiger partial charge in [-0.15, -0.1) is 0 Å². The summed E-state index contributed by atoms with van der Waals surface area (Å²) >= 11 is 7.56. The van der Waals surface area contributed by atoms with Crippen LogP contribution >= 0.6 is 22.9 Å². The first-order chi connectivity index (χ1) is 20.3. The fraction of sp³-hybridized carbons (Fsp3) is 0.206. The Morgan fingerprint density at radius 2 is 1.86 bits per heavy atom. The number of rotatable bonds is 9. The minimum atomic E-state index is -0.741. The molecule has 1 aromatic heterocycles. The second-order valence-corrected chi connectivity index (χ2v) is 11.5. The molecule has 4 aromatic rings. The van der Waals surface area contributed by atoms with E-state index < -0.39 is 12.0 Å². The first-order valence-corrected chi connectivity index (χ1v) is 14.9. The van der Waals surface area contributed by atoms with E-state index in [1.165, 1.54) is 11.3 Å². The van der Waals surface area contributed by atoms with Crippen molar-refractivity contribution in [1.29, 1.82) is 0 Å². The SMILES string of the molecule is C=CCOc1ccc(Cl)cc1/C=c1\sc2n(c1=O)[C@H](c1ccc(C(C)C)cc1)C(C(=O)OCC)=C(c1ccccc1)N=2. The van der Waals surface area contributed by atoms with Crippen molar-refractivity contribution in [2.45, 2.75) is 32.7 Å². The lowest BCUT2D eigenvalue weighted by molar-refractivity contribution is -0.138. The molecule has 1 aliphatic rings. The Kier molecular flexibility index (Phi) is 8.90. The Morgan fingerprint density at radius 1 is 1.12 bits per heavy atom. The average molecular weight is 599 g/mol. The first kappa shape index (κ1) is 29.3. The zero-order valence-electron chi connectivity index (χ0n) is 23.7. The van der Waals surface area contributed by atoms with E-state index in [1.807, 2.05) is 54.6 Å². The summed E-state index contributed by atoms with van der Waals surface area (Å²) in [6.45, 7) is 10.2. The van der Waals surface area contributed by atoms with Gasteiger partial charge >= 0.3 is 5.97 Å². The number of carbonyl (C=O) groups excluding carboxylic acids is 1. The normalized spacial score (nSPS) is 14.9. The van der Waals surface area contributed by atoms with E-state index >= 15 is 0 Å². The summed E-state index contributed by atoms with van der Waals surface area (Å²) < 4.78 is 13.4. The Balaban J connectivity index is 1.80. The molecule has 5 rings (SSSR count). The Hall–Kier alpha value is -4.20. The number of ether oxygens (including phenoxy) is 2. The van der Waals surface area contributed by atoms with E-state index in [1.54, 1.807) is 41.8 Å². The van der Waals surface area contributed by atoms with Gasteiger partial charge in [-0.2, -0.15) is 0 Å². The lowest BCUT2D eigenvalue weighted by atomic mass is 9.91. The number of nitrogens with zero attached hydrogens (tertiary/aromatic N) is 2. The van der Waals surface area contributed by atoms with Crippen LogP contribution < -0.4 is 19.6 Å². The van der Waals surface area contributed by atoms with Gasteiger partial charge in [-0.05, 0) is 48.2 Å². The molecule has 0 spiro atoms. The van der Waals surface area contributed by atoms with E-state index in [0.717, 1.165) is 16.7 Å². The van der Waals surface area contributed by atoms with Crippen molar-refractivity contribution >= 4 is 40.7 Å². The van der Waals surface area contributed by atoms with E-state index in [4.69, 9.17) is 26.1 Å². The number of thiazole rings is 1. The van der Waals surface area contributed by atoms with Crippen molar-refractivity contribution < 1.29 is 14.3 Å². The summed E-state index contributed by atoms with van der Waals surface area (Å²) in [5.41, 5.74) is 3.88. The fourth-order valence-corrected chi connectivity index (χ4v) is 6.04. The number of benzene rings is 3. The molecule has 0 saturated heterocycles. The van der Waals surface area contributed by atoms with E-state index in [-0.39, 0.29) is 12.2 Å². The van der Waals surface area contributed by atoms with Crippen molar-refractivity contribution in [3.05, 3.63) is 138 Å². The van der Waals surface area contributed by atoms with Crippen LogP contribution in [0.2, 0.25) is 5.02 Å². The van der Waals surface area contributed by atoms with Crippen molar-refractivity contribution in [1.82, 2.24) is 4.57 Å². The van der Waals surface area contributed by atoms with Crippen molar-refractivity contribution in [2.24, 2.45) is 4.99 Å². The predicted molar refractivity (Wildman–Crippen MR) is 169 cm³/mol. The van der Waals surface area contributed by atoms with Crippen molar-refractivity contribution in [3.8, 4) is 5.75 Å². The van der Waals surface area contributed by atoms with Gasteiger partial charge in [-0.3, -0.25) is 9.36 Å². The summed E-state index contributed by atoms with van der Waals surface area (Å²) in [5, 5.41) is 0.513. The summed E-state index contributed by atoms with van der Waals surface area (Å²) in [5.74, 6) is 0.390. The highest BCUT2D eigenvalue weighted by molar-refractivity contribution is 7.07. The van der Waals surface area contributed by atoms with Crippen molar-refractivity contribution in [3.63, 3.8) is 0 Å². The largest absolute Gasteiger partial charge is 0.489 e. The molecule has 42 heavy (non-hydrogen) atoms. The number of hydrogen-bond donors (Lipinski definition) is 0. The van der Waals surface area contributed by atoms with Crippen LogP contribution in [-0.2, 0) is 9.53 Å². The van der Waals surface area contributed by atoms with Gasteiger partial charge in [0.25, 0.3) is 5.56 Å². The molecule has 0 unspecified atom stereocenters. The highest BCUT2D eigenvalue weighted by atomic mass is 35.5. The molecule has 0 aliphatic carbocycles. The Morgan fingerprint density at radius 3 is 2.52 bits per heavy atom. The molecule has 0 fully saturated rings. The number of fused-ring (bicyclic) bond motifs is 1. The zero-order valence-corrected chi connectivity index (χ0v) is 25.2. The van der Waals surface area contributed by atoms with Gasteiger partial charge in [0.1, 0.15) is 12.4 Å². The molecule has 8 heteroatoms. The third-order valence-electron chi connectivity index (χ3n) is 6.91. The van der Waals surface area contributed by atoms with Crippen LogP contribution in [0.4, 0.5) is 0 Å². The molecular weight excluding hydrogens is 568 g/mol. The third-order valence-corrected chi connectivity index (χ3v) is 8.13. The smallest absolute Gasteiger partial charge is 0.338 e. The summed E-state index contributed by atoms with van der Waals surface area (Å²) in [7, 11) is 0. The third kappa shape index (κ3) is 5.89. The zero-order chi connectivity index (χ0) is 29.8. The predicted octanol–water partition coefficient (Wildman–Crippen LogP) is 6.28. The molecule has 0 amide bonds. The summed E-state index contributed by atoms with van der Waals surface area (Å²) in [4.78, 5) is 33.2. The van der Waals surface area contributed by atoms with Gasteiger partial charge in [0, 0.05) is 16.1 Å². The van der Waals surface area contributed by atoms with E-state index in [9.17, 15) is 9.59 Å². The lowest BCUT2D eigenvalue weighted by Gasteiger charge is -2.26. The van der Waals surface area contributed by atoms with Crippen LogP contribution in [-0.4, -0.2) is 23.8 Å². The summed E-state index contributed by atoms with van der Waals surface area (Å²) in [6, 6.07) is 22.0.